The number of hydrogen-bond acceptors (Lipinski definition) is 6. The predicted molar refractivity (Wildman–Crippen MR) is 72.2 cm³/mol. The van der Waals surface area contributed by atoms with Crippen LogP contribution in [0.25, 0.3) is 0 Å². The summed E-state index contributed by atoms with van der Waals surface area (Å²) in [7, 11) is 0. The molecular formula is C11H13ClN4O4. The fraction of sp³-hybridized carbons (Fsp3) is 0.455. The SMILES string of the molecule is O=C(O)CN1CCN(c2ncc(Cl)cc2[N+](=O)[O-])CC1. The summed E-state index contributed by atoms with van der Waals surface area (Å²) in [6.45, 7) is 2.00. The van der Waals surface area contributed by atoms with Crippen LogP contribution in [-0.2, 0) is 4.79 Å². The fourth-order valence-electron chi connectivity index (χ4n) is 2.11. The van der Waals surface area contributed by atoms with Crippen molar-refractivity contribution in [3.05, 3.63) is 27.4 Å². The lowest BCUT2D eigenvalue weighted by Crippen LogP contribution is -2.48. The van der Waals surface area contributed by atoms with Crippen molar-refractivity contribution in [2.75, 3.05) is 37.6 Å². The maximum Gasteiger partial charge on any atom is 0.317 e. The number of halogens is 1. The van der Waals surface area contributed by atoms with E-state index in [1.165, 1.54) is 12.3 Å². The number of aromatic nitrogens is 1. The zero-order valence-corrected chi connectivity index (χ0v) is 11.3. The summed E-state index contributed by atoms with van der Waals surface area (Å²) in [6, 6.07) is 1.27. The first kappa shape index (κ1) is 14.5. The van der Waals surface area contributed by atoms with Crippen molar-refractivity contribution in [1.82, 2.24) is 9.88 Å². The van der Waals surface area contributed by atoms with E-state index in [1.54, 1.807) is 9.80 Å². The van der Waals surface area contributed by atoms with Crippen LogP contribution in [-0.4, -0.2) is 58.6 Å². The van der Waals surface area contributed by atoms with E-state index in [-0.39, 0.29) is 23.1 Å². The molecule has 0 aromatic carbocycles. The van der Waals surface area contributed by atoms with E-state index >= 15 is 0 Å². The lowest BCUT2D eigenvalue weighted by molar-refractivity contribution is -0.384. The molecule has 0 aliphatic carbocycles. The van der Waals surface area contributed by atoms with Crippen molar-refractivity contribution in [3.63, 3.8) is 0 Å². The van der Waals surface area contributed by atoms with Gasteiger partial charge in [0.25, 0.3) is 0 Å². The second-order valence-corrected chi connectivity index (χ2v) is 4.85. The molecule has 0 atom stereocenters. The quantitative estimate of drug-likeness (QED) is 0.650. The van der Waals surface area contributed by atoms with Gasteiger partial charge in [0.1, 0.15) is 0 Å². The van der Waals surface area contributed by atoms with Gasteiger partial charge >= 0.3 is 11.7 Å². The van der Waals surface area contributed by atoms with Gasteiger partial charge in [0.2, 0.25) is 5.82 Å². The van der Waals surface area contributed by atoms with E-state index in [0.29, 0.717) is 26.2 Å². The van der Waals surface area contributed by atoms with Crippen LogP contribution in [0.2, 0.25) is 5.02 Å². The molecule has 0 unspecified atom stereocenters. The molecule has 8 nitrogen and oxygen atoms in total. The van der Waals surface area contributed by atoms with Gasteiger partial charge in [0, 0.05) is 38.4 Å². The molecule has 1 aromatic heterocycles. The Hall–Kier alpha value is -1.93. The Labute approximate surface area is 119 Å². The third kappa shape index (κ3) is 3.34. The minimum absolute atomic E-state index is 0.0238. The summed E-state index contributed by atoms with van der Waals surface area (Å²) in [5, 5.41) is 20.0. The summed E-state index contributed by atoms with van der Waals surface area (Å²) in [4.78, 5) is 28.7. The molecule has 0 amide bonds. The van der Waals surface area contributed by atoms with Crippen molar-refractivity contribution in [2.45, 2.75) is 0 Å². The van der Waals surface area contributed by atoms with Gasteiger partial charge in [-0.25, -0.2) is 4.98 Å². The molecule has 1 fully saturated rings. The molecule has 2 rings (SSSR count). The van der Waals surface area contributed by atoms with Crippen molar-refractivity contribution in [3.8, 4) is 0 Å². The number of piperazine rings is 1. The fourth-order valence-corrected chi connectivity index (χ4v) is 2.26. The number of anilines is 1. The Morgan fingerprint density at radius 1 is 1.45 bits per heavy atom. The highest BCUT2D eigenvalue weighted by molar-refractivity contribution is 6.30. The Bertz CT molecular complexity index is 531. The Morgan fingerprint density at radius 2 is 2.10 bits per heavy atom. The van der Waals surface area contributed by atoms with Crippen LogP contribution in [0.3, 0.4) is 0 Å². The molecule has 1 aliphatic heterocycles. The molecule has 1 aromatic rings. The normalized spacial score (nSPS) is 16.1. The van der Waals surface area contributed by atoms with E-state index in [1.807, 2.05) is 0 Å². The summed E-state index contributed by atoms with van der Waals surface area (Å²) < 4.78 is 0. The molecule has 1 aliphatic rings. The highest BCUT2D eigenvalue weighted by atomic mass is 35.5. The topological polar surface area (TPSA) is 99.8 Å². The summed E-state index contributed by atoms with van der Waals surface area (Å²) in [5.74, 6) is -0.608. The van der Waals surface area contributed by atoms with Crippen LogP contribution in [0.1, 0.15) is 0 Å². The van der Waals surface area contributed by atoms with Crippen LogP contribution in [0.15, 0.2) is 12.3 Å². The maximum absolute atomic E-state index is 11.0. The molecule has 0 radical (unpaired) electrons. The second kappa shape index (κ2) is 6.02. The predicted octanol–water partition coefficient (Wildman–Crippen LogP) is 0.850. The molecule has 9 heteroatoms. The lowest BCUT2D eigenvalue weighted by atomic mass is 10.3. The second-order valence-electron chi connectivity index (χ2n) is 4.41. The standard InChI is InChI=1S/C11H13ClN4O4/c12-8-5-9(16(19)20)11(13-6-8)15-3-1-14(2-4-15)7-10(17)18/h5-6H,1-4,7H2,(H,17,18). The van der Waals surface area contributed by atoms with Crippen molar-refractivity contribution in [1.29, 1.82) is 0 Å². The third-order valence-electron chi connectivity index (χ3n) is 3.04. The van der Waals surface area contributed by atoms with Crippen LogP contribution < -0.4 is 4.90 Å². The smallest absolute Gasteiger partial charge is 0.317 e. The summed E-state index contributed by atoms with van der Waals surface area (Å²) in [5.41, 5.74) is -0.135. The van der Waals surface area contributed by atoms with Crippen molar-refractivity contribution in [2.24, 2.45) is 0 Å². The Balaban J connectivity index is 2.11. The summed E-state index contributed by atoms with van der Waals surface area (Å²) in [6.07, 6.45) is 1.37. The molecule has 0 bridgehead atoms. The molecule has 0 saturated carbocycles. The van der Waals surface area contributed by atoms with Crippen molar-refractivity contribution < 1.29 is 14.8 Å². The van der Waals surface area contributed by atoms with Crippen LogP contribution in [0.4, 0.5) is 11.5 Å². The Morgan fingerprint density at radius 3 is 2.65 bits per heavy atom. The first-order valence-corrected chi connectivity index (χ1v) is 6.34. The molecule has 2 heterocycles. The largest absolute Gasteiger partial charge is 0.480 e. The number of carbonyl (C=O) groups is 1. The van der Waals surface area contributed by atoms with Gasteiger partial charge in [-0.05, 0) is 0 Å². The first-order chi connectivity index (χ1) is 9.47. The number of carboxylic acids is 1. The number of aliphatic carboxylic acids is 1. The number of nitrogens with zero attached hydrogens (tertiary/aromatic N) is 4. The van der Waals surface area contributed by atoms with Gasteiger partial charge in [-0.1, -0.05) is 11.6 Å². The summed E-state index contributed by atoms with van der Waals surface area (Å²) >= 11 is 5.72. The maximum atomic E-state index is 11.0. The van der Waals surface area contributed by atoms with Gasteiger partial charge in [0.15, 0.2) is 0 Å². The van der Waals surface area contributed by atoms with E-state index in [9.17, 15) is 14.9 Å². The minimum Gasteiger partial charge on any atom is -0.480 e. The van der Waals surface area contributed by atoms with Crippen LogP contribution >= 0.6 is 11.6 Å². The average molecular weight is 301 g/mol. The molecule has 0 spiro atoms. The van der Waals surface area contributed by atoms with Gasteiger partial charge in [-0.2, -0.15) is 0 Å². The monoisotopic (exact) mass is 300 g/mol. The number of hydrogen-bond donors (Lipinski definition) is 1. The van der Waals surface area contributed by atoms with E-state index in [4.69, 9.17) is 16.7 Å². The van der Waals surface area contributed by atoms with Crippen molar-refractivity contribution >= 4 is 29.1 Å². The average Bonchev–Trinajstić information content (AvgIpc) is 2.39. The minimum atomic E-state index is -0.881. The lowest BCUT2D eigenvalue weighted by Gasteiger charge is -2.34. The van der Waals surface area contributed by atoms with Gasteiger partial charge in [0.05, 0.1) is 16.5 Å². The Kier molecular flexibility index (Phi) is 4.35. The zero-order valence-electron chi connectivity index (χ0n) is 10.5. The van der Waals surface area contributed by atoms with E-state index in [0.717, 1.165) is 0 Å². The number of rotatable bonds is 4. The van der Waals surface area contributed by atoms with Crippen LogP contribution in [0, 0.1) is 10.1 Å². The molecule has 1 N–H and O–H groups in total. The molecule has 20 heavy (non-hydrogen) atoms. The number of nitro groups is 1. The van der Waals surface area contributed by atoms with Crippen LogP contribution in [0.5, 0.6) is 0 Å². The molecule has 1 saturated heterocycles. The molecular weight excluding hydrogens is 288 g/mol. The van der Waals surface area contributed by atoms with Gasteiger partial charge in [-0.15, -0.1) is 0 Å². The zero-order chi connectivity index (χ0) is 14.7. The highest BCUT2D eigenvalue weighted by Gasteiger charge is 2.25. The van der Waals surface area contributed by atoms with E-state index in [2.05, 4.69) is 4.98 Å². The molecule has 108 valence electrons. The van der Waals surface area contributed by atoms with Gasteiger partial charge in [-0.3, -0.25) is 19.8 Å². The highest BCUT2D eigenvalue weighted by Crippen LogP contribution is 2.28. The number of pyridine rings is 1. The van der Waals surface area contributed by atoms with E-state index < -0.39 is 10.9 Å². The first-order valence-electron chi connectivity index (χ1n) is 5.96. The third-order valence-corrected chi connectivity index (χ3v) is 3.25. The number of carboxylic acid groups (broad SMARTS) is 1. The van der Waals surface area contributed by atoms with Gasteiger partial charge < -0.3 is 10.0 Å².